The van der Waals surface area contributed by atoms with Gasteiger partial charge in [-0.05, 0) is 105 Å². The zero-order valence-corrected chi connectivity index (χ0v) is 28.8. The van der Waals surface area contributed by atoms with Gasteiger partial charge in [-0.25, -0.2) is 0 Å². The van der Waals surface area contributed by atoms with Crippen molar-refractivity contribution in [1.82, 2.24) is 0 Å². The third-order valence-corrected chi connectivity index (χ3v) is 11.3. The summed E-state index contributed by atoms with van der Waals surface area (Å²) in [6.07, 6.45) is 0. The normalized spacial score (nSPS) is 13.1. The van der Waals surface area contributed by atoms with Crippen molar-refractivity contribution < 1.29 is 0 Å². The molecule has 51 heavy (non-hydrogen) atoms. The second-order valence-electron chi connectivity index (χ2n) is 14.5. The summed E-state index contributed by atoms with van der Waals surface area (Å²) in [5, 5.41) is 7.63. The van der Waals surface area contributed by atoms with Gasteiger partial charge < -0.3 is 0 Å². The molecule has 0 nitrogen and oxygen atoms in total. The van der Waals surface area contributed by atoms with Crippen molar-refractivity contribution in [1.29, 1.82) is 0 Å². The lowest BCUT2D eigenvalue weighted by atomic mass is 9.82. The molecule has 10 rings (SSSR count). The van der Waals surface area contributed by atoms with E-state index in [1.54, 1.807) is 0 Å². The van der Waals surface area contributed by atoms with E-state index in [0.29, 0.717) is 0 Å². The molecule has 1 aliphatic carbocycles. The molecular weight excluding hydrogens is 613 g/mol. The van der Waals surface area contributed by atoms with Crippen LogP contribution in [0.2, 0.25) is 0 Å². The Balaban J connectivity index is 1.08. The highest BCUT2D eigenvalue weighted by Gasteiger charge is 2.35. The number of hydrogen-bond donors (Lipinski definition) is 0. The fourth-order valence-corrected chi connectivity index (χ4v) is 8.77. The van der Waals surface area contributed by atoms with E-state index in [4.69, 9.17) is 0 Å². The predicted octanol–water partition coefficient (Wildman–Crippen LogP) is 14.1. The molecule has 0 aromatic heterocycles. The lowest BCUT2D eigenvalue weighted by molar-refractivity contribution is 0.660. The number of benzene rings is 9. The summed E-state index contributed by atoms with van der Waals surface area (Å²) < 4.78 is 0. The highest BCUT2D eigenvalue weighted by atomic mass is 14.4. The second-order valence-corrected chi connectivity index (χ2v) is 14.5. The van der Waals surface area contributed by atoms with E-state index >= 15 is 0 Å². The van der Waals surface area contributed by atoms with E-state index in [1.165, 1.54) is 99.1 Å². The van der Waals surface area contributed by atoms with Gasteiger partial charge in [-0.1, -0.05) is 190 Å². The summed E-state index contributed by atoms with van der Waals surface area (Å²) >= 11 is 0. The summed E-state index contributed by atoms with van der Waals surface area (Å²) in [7, 11) is 0. The Labute approximate surface area is 299 Å². The van der Waals surface area contributed by atoms with Crippen LogP contribution in [0.15, 0.2) is 182 Å². The molecule has 0 heteroatoms. The quantitative estimate of drug-likeness (QED) is 0.167. The molecule has 0 saturated heterocycles. The first-order valence-electron chi connectivity index (χ1n) is 17.9. The van der Waals surface area contributed by atoms with Gasteiger partial charge in [0.05, 0.1) is 0 Å². The van der Waals surface area contributed by atoms with Crippen molar-refractivity contribution in [2.45, 2.75) is 19.3 Å². The third kappa shape index (κ3) is 4.60. The fourth-order valence-electron chi connectivity index (χ4n) is 8.77. The molecule has 0 saturated carbocycles. The molecule has 0 atom stereocenters. The Morgan fingerprint density at radius 1 is 0.294 bits per heavy atom. The zero-order valence-electron chi connectivity index (χ0n) is 28.8. The topological polar surface area (TPSA) is 0 Å². The molecule has 0 N–H and O–H groups in total. The molecule has 0 radical (unpaired) electrons. The molecule has 0 unspecified atom stereocenters. The summed E-state index contributed by atoms with van der Waals surface area (Å²) in [4.78, 5) is 0. The molecule has 0 heterocycles. The van der Waals surface area contributed by atoms with E-state index in [-0.39, 0.29) is 5.41 Å². The van der Waals surface area contributed by atoms with Gasteiger partial charge in [-0.15, -0.1) is 0 Å². The van der Waals surface area contributed by atoms with Crippen molar-refractivity contribution in [3.8, 4) is 55.6 Å². The van der Waals surface area contributed by atoms with Crippen LogP contribution in [0.5, 0.6) is 0 Å². The van der Waals surface area contributed by atoms with Crippen molar-refractivity contribution >= 4 is 32.3 Å². The molecule has 0 spiro atoms. The summed E-state index contributed by atoms with van der Waals surface area (Å²) in [5.74, 6) is 0. The monoisotopic (exact) mass is 648 g/mol. The van der Waals surface area contributed by atoms with Crippen LogP contribution in [0.3, 0.4) is 0 Å². The van der Waals surface area contributed by atoms with E-state index in [9.17, 15) is 0 Å². The van der Waals surface area contributed by atoms with Crippen molar-refractivity contribution in [3.63, 3.8) is 0 Å². The first-order valence-corrected chi connectivity index (χ1v) is 17.9. The standard InChI is InChI=1S/C51H36/c1-51(2)47-21-10-9-15-41(47)46-32-38(30-31-48(46)51)33-22-26-36(27-23-33)49-42-16-5-7-18-44(42)50(45-19-8-6-17-43(45)49)37-28-24-35(25-29-37)40-20-11-13-34-12-3-4-14-39(34)40/h3-32H,1-2H3. The maximum absolute atomic E-state index is 2.39. The third-order valence-electron chi connectivity index (χ3n) is 11.3. The number of rotatable bonds is 4. The van der Waals surface area contributed by atoms with Gasteiger partial charge in [0.15, 0.2) is 0 Å². The largest absolute Gasteiger partial charge is 0.0619 e. The van der Waals surface area contributed by atoms with Crippen LogP contribution in [0.4, 0.5) is 0 Å². The second kappa shape index (κ2) is 11.4. The fraction of sp³-hybridized carbons (Fsp3) is 0.0588. The highest BCUT2D eigenvalue weighted by Crippen LogP contribution is 2.50. The minimum atomic E-state index is 0.0153. The van der Waals surface area contributed by atoms with Crippen LogP contribution >= 0.6 is 0 Å². The van der Waals surface area contributed by atoms with Crippen molar-refractivity contribution in [2.75, 3.05) is 0 Å². The highest BCUT2D eigenvalue weighted by molar-refractivity contribution is 6.21. The van der Waals surface area contributed by atoms with Gasteiger partial charge in [-0.3, -0.25) is 0 Å². The van der Waals surface area contributed by atoms with Gasteiger partial charge in [0, 0.05) is 5.41 Å². The van der Waals surface area contributed by atoms with E-state index < -0.39 is 0 Å². The summed E-state index contributed by atoms with van der Waals surface area (Å²) in [6.45, 7) is 4.68. The Bertz CT molecular complexity index is 2730. The summed E-state index contributed by atoms with van der Waals surface area (Å²) in [5.41, 5.74) is 15.6. The SMILES string of the molecule is CC1(C)c2ccccc2-c2cc(-c3ccc(-c4c5ccccc5c(-c5ccc(-c6cccc7ccccc67)cc5)c5ccccc45)cc3)ccc21. The first-order chi connectivity index (χ1) is 25.1. The minimum Gasteiger partial charge on any atom is -0.0619 e. The van der Waals surface area contributed by atoms with Crippen LogP contribution in [0, 0.1) is 0 Å². The van der Waals surface area contributed by atoms with Crippen LogP contribution in [-0.4, -0.2) is 0 Å². The Morgan fingerprint density at radius 3 is 1.35 bits per heavy atom. The zero-order chi connectivity index (χ0) is 34.1. The molecule has 0 fully saturated rings. The maximum atomic E-state index is 2.39. The average Bonchev–Trinajstić information content (AvgIpc) is 3.42. The minimum absolute atomic E-state index is 0.0153. The molecule has 1 aliphatic rings. The van der Waals surface area contributed by atoms with Gasteiger partial charge in [0.1, 0.15) is 0 Å². The molecule has 0 amide bonds. The predicted molar refractivity (Wildman–Crippen MR) is 218 cm³/mol. The number of hydrogen-bond acceptors (Lipinski definition) is 0. The molecular formula is C51H36. The smallest absolute Gasteiger partial charge is 0.0158 e. The van der Waals surface area contributed by atoms with Crippen molar-refractivity contribution in [3.05, 3.63) is 193 Å². The molecule has 240 valence electrons. The Morgan fingerprint density at radius 2 is 0.725 bits per heavy atom. The molecule has 0 aliphatic heterocycles. The van der Waals surface area contributed by atoms with E-state index in [0.717, 1.165) is 0 Å². The molecule has 9 aromatic carbocycles. The van der Waals surface area contributed by atoms with Gasteiger partial charge in [-0.2, -0.15) is 0 Å². The Hall–Kier alpha value is -6.24. The van der Waals surface area contributed by atoms with Gasteiger partial charge in [0.25, 0.3) is 0 Å². The average molecular weight is 649 g/mol. The van der Waals surface area contributed by atoms with Gasteiger partial charge >= 0.3 is 0 Å². The summed E-state index contributed by atoms with van der Waals surface area (Å²) in [6, 6.07) is 67.4. The lowest BCUT2D eigenvalue weighted by Gasteiger charge is -2.21. The van der Waals surface area contributed by atoms with Crippen molar-refractivity contribution in [2.24, 2.45) is 0 Å². The lowest BCUT2D eigenvalue weighted by Crippen LogP contribution is -2.14. The maximum Gasteiger partial charge on any atom is 0.0158 e. The van der Waals surface area contributed by atoms with E-state index in [1.807, 2.05) is 0 Å². The van der Waals surface area contributed by atoms with Crippen LogP contribution in [0.25, 0.3) is 88.0 Å². The number of fused-ring (bicyclic) bond motifs is 6. The van der Waals surface area contributed by atoms with Gasteiger partial charge in [0.2, 0.25) is 0 Å². The van der Waals surface area contributed by atoms with Crippen LogP contribution in [0.1, 0.15) is 25.0 Å². The Kier molecular flexibility index (Phi) is 6.63. The van der Waals surface area contributed by atoms with E-state index in [2.05, 4.69) is 196 Å². The molecule has 0 bridgehead atoms. The van der Waals surface area contributed by atoms with Crippen LogP contribution < -0.4 is 0 Å². The molecule has 9 aromatic rings. The first kappa shape index (κ1) is 29.7. The van der Waals surface area contributed by atoms with Crippen LogP contribution in [-0.2, 0) is 5.41 Å².